The normalized spacial score (nSPS) is 14.0. The van der Waals surface area contributed by atoms with Gasteiger partial charge in [-0.1, -0.05) is 26.0 Å². The summed E-state index contributed by atoms with van der Waals surface area (Å²) in [6.45, 7) is 4.19. The number of hydrazone groups is 1. The van der Waals surface area contributed by atoms with Gasteiger partial charge in [-0.15, -0.1) is 0 Å². The van der Waals surface area contributed by atoms with Gasteiger partial charge in [0.1, 0.15) is 6.21 Å². The number of rotatable bonds is 4. The lowest BCUT2D eigenvalue weighted by Crippen LogP contribution is -2.21. The minimum atomic E-state index is -0.625. The zero-order valence-electron chi connectivity index (χ0n) is 16.0. The van der Waals surface area contributed by atoms with E-state index in [-0.39, 0.29) is 6.79 Å². The number of carbonyl (C=O) groups excluding carboxylic acids is 1. The van der Waals surface area contributed by atoms with Gasteiger partial charge < -0.3 is 20.9 Å². The Hall–Kier alpha value is -3.48. The number of fused-ring (bicyclic) bond motifs is 2. The summed E-state index contributed by atoms with van der Waals surface area (Å²) in [7, 11) is 0. The van der Waals surface area contributed by atoms with Crippen molar-refractivity contribution in [2.75, 3.05) is 17.5 Å². The highest BCUT2D eigenvalue weighted by atomic mass is 16.7. The molecule has 4 rings (SSSR count). The monoisotopic (exact) mass is 380 g/mol. The first-order chi connectivity index (χ1) is 13.6. The van der Waals surface area contributed by atoms with Crippen molar-refractivity contribution in [3.63, 3.8) is 0 Å². The van der Waals surface area contributed by atoms with Gasteiger partial charge in [-0.25, -0.2) is 5.01 Å². The van der Waals surface area contributed by atoms with E-state index in [1.54, 1.807) is 5.01 Å². The summed E-state index contributed by atoms with van der Waals surface area (Å²) in [6, 6.07) is 11.3. The molecule has 0 saturated carbocycles. The third-order valence-corrected chi connectivity index (χ3v) is 4.29. The molecule has 4 N–H and O–H groups in total. The highest BCUT2D eigenvalue weighted by molar-refractivity contribution is 6.25. The molecule has 0 atom stereocenters. The molecular weight excluding hydrogens is 356 g/mol. The van der Waals surface area contributed by atoms with Gasteiger partial charge in [0.15, 0.2) is 11.5 Å². The first kappa shape index (κ1) is 19.3. The van der Waals surface area contributed by atoms with Gasteiger partial charge >= 0.3 is 0 Å². The quantitative estimate of drug-likeness (QED) is 0.481. The van der Waals surface area contributed by atoms with Gasteiger partial charge in [0.2, 0.25) is 6.79 Å². The Morgan fingerprint density at radius 1 is 1.14 bits per heavy atom. The van der Waals surface area contributed by atoms with E-state index in [0.717, 1.165) is 36.0 Å². The number of carbonyl (C=O) groups is 1. The molecule has 1 aliphatic carbocycles. The molecule has 28 heavy (non-hydrogen) atoms. The predicted molar refractivity (Wildman–Crippen MR) is 111 cm³/mol. The van der Waals surface area contributed by atoms with Gasteiger partial charge in [-0.05, 0) is 42.7 Å². The highest BCUT2D eigenvalue weighted by Crippen LogP contribution is 2.39. The van der Waals surface area contributed by atoms with Gasteiger partial charge in [-0.2, -0.15) is 5.10 Å². The van der Waals surface area contributed by atoms with Crippen LogP contribution in [0.3, 0.4) is 0 Å². The Balaban J connectivity index is 0.00000109. The number of primary amides is 1. The number of allylic oxidation sites excluding steroid dienone is 1. The molecule has 0 aromatic heterocycles. The summed E-state index contributed by atoms with van der Waals surface area (Å²) in [5, 5.41) is 5.97. The molecular formula is C21H24N4O3. The van der Waals surface area contributed by atoms with Crippen molar-refractivity contribution in [2.24, 2.45) is 10.8 Å². The maximum atomic E-state index is 11.3. The second kappa shape index (κ2) is 8.47. The average molecular weight is 380 g/mol. The van der Waals surface area contributed by atoms with E-state index in [4.69, 9.17) is 20.9 Å². The van der Waals surface area contributed by atoms with Gasteiger partial charge in [0, 0.05) is 17.3 Å². The van der Waals surface area contributed by atoms with Crippen molar-refractivity contribution >= 4 is 29.2 Å². The third-order valence-electron chi connectivity index (χ3n) is 4.29. The fourth-order valence-corrected chi connectivity index (χ4v) is 3.12. The standard InChI is InChI=1S/C19H18N4O3.C2H6/c20-13-5-4-12-2-1-3-16(15(12)8-13)23(22-10-19(21)24)14-6-7-17-18(9-14)26-11-25-17;1-2/h3-10H,1-2,11,20H2,(H2,21,24);1-2H3/b22-10+;. The summed E-state index contributed by atoms with van der Waals surface area (Å²) in [6.07, 6.45) is 4.95. The lowest BCUT2D eigenvalue weighted by Gasteiger charge is -2.27. The van der Waals surface area contributed by atoms with E-state index in [9.17, 15) is 4.79 Å². The average Bonchev–Trinajstić information content (AvgIpc) is 3.17. The summed E-state index contributed by atoms with van der Waals surface area (Å²) in [4.78, 5) is 11.3. The summed E-state index contributed by atoms with van der Waals surface area (Å²) >= 11 is 0. The van der Waals surface area contributed by atoms with Crippen LogP contribution in [0.5, 0.6) is 11.5 Å². The Labute approximate surface area is 164 Å². The zero-order valence-corrected chi connectivity index (χ0v) is 16.0. The van der Waals surface area contributed by atoms with Crippen LogP contribution < -0.4 is 25.9 Å². The number of nitrogen functional groups attached to an aromatic ring is 1. The molecule has 0 radical (unpaired) electrons. The number of benzene rings is 2. The molecule has 1 aliphatic heterocycles. The fourth-order valence-electron chi connectivity index (χ4n) is 3.12. The van der Waals surface area contributed by atoms with Gasteiger partial charge in [0.05, 0.1) is 11.4 Å². The van der Waals surface area contributed by atoms with Crippen LogP contribution in [0.15, 0.2) is 47.6 Å². The molecule has 0 fully saturated rings. The Morgan fingerprint density at radius 3 is 2.71 bits per heavy atom. The van der Waals surface area contributed by atoms with Gasteiger partial charge in [0.25, 0.3) is 5.91 Å². The third kappa shape index (κ3) is 3.93. The number of nitrogens with zero attached hydrogens (tertiary/aromatic N) is 2. The number of hydrogen-bond acceptors (Lipinski definition) is 6. The Kier molecular flexibility index (Phi) is 5.84. The Morgan fingerprint density at radius 2 is 1.93 bits per heavy atom. The van der Waals surface area contributed by atoms with Crippen LogP contribution in [0.4, 0.5) is 11.4 Å². The van der Waals surface area contributed by atoms with E-state index in [1.165, 1.54) is 5.56 Å². The second-order valence-corrected chi connectivity index (χ2v) is 6.04. The number of nitrogens with two attached hydrogens (primary N) is 2. The zero-order chi connectivity index (χ0) is 20.1. The largest absolute Gasteiger partial charge is 0.454 e. The molecule has 1 heterocycles. The van der Waals surface area contributed by atoms with Crippen LogP contribution in [0, 0.1) is 0 Å². The summed E-state index contributed by atoms with van der Waals surface area (Å²) in [5.41, 5.74) is 15.6. The molecule has 1 amide bonds. The molecule has 0 spiro atoms. The second-order valence-electron chi connectivity index (χ2n) is 6.04. The first-order valence-electron chi connectivity index (χ1n) is 9.24. The molecule has 2 aromatic carbocycles. The van der Waals surface area contributed by atoms with Crippen molar-refractivity contribution in [1.82, 2.24) is 0 Å². The summed E-state index contributed by atoms with van der Waals surface area (Å²) < 4.78 is 10.8. The number of aryl methyl sites for hydroxylation is 1. The van der Waals surface area contributed by atoms with Crippen LogP contribution in [0.1, 0.15) is 31.4 Å². The van der Waals surface area contributed by atoms with Crippen LogP contribution >= 0.6 is 0 Å². The molecule has 7 heteroatoms. The fraction of sp³-hybridized carbons (Fsp3) is 0.238. The maximum absolute atomic E-state index is 11.3. The highest BCUT2D eigenvalue weighted by Gasteiger charge is 2.22. The number of anilines is 2. The van der Waals surface area contributed by atoms with Crippen LogP contribution in [0.25, 0.3) is 5.70 Å². The molecule has 2 aromatic rings. The number of hydrogen-bond donors (Lipinski definition) is 2. The van der Waals surface area contributed by atoms with Gasteiger partial charge in [-0.3, -0.25) is 4.79 Å². The smallest absolute Gasteiger partial charge is 0.261 e. The van der Waals surface area contributed by atoms with E-state index in [1.807, 2.05) is 50.2 Å². The molecule has 0 saturated heterocycles. The molecule has 0 bridgehead atoms. The lowest BCUT2D eigenvalue weighted by atomic mass is 9.93. The molecule has 2 aliphatic rings. The van der Waals surface area contributed by atoms with Crippen LogP contribution in [-0.2, 0) is 11.2 Å². The minimum absolute atomic E-state index is 0.186. The minimum Gasteiger partial charge on any atom is -0.454 e. The molecule has 7 nitrogen and oxygen atoms in total. The maximum Gasteiger partial charge on any atom is 0.261 e. The van der Waals surface area contributed by atoms with Crippen molar-refractivity contribution in [3.05, 3.63) is 53.6 Å². The Bertz CT molecular complexity index is 937. The van der Waals surface area contributed by atoms with E-state index in [2.05, 4.69) is 11.2 Å². The van der Waals surface area contributed by atoms with Crippen molar-refractivity contribution in [2.45, 2.75) is 26.7 Å². The van der Waals surface area contributed by atoms with Crippen LogP contribution in [0.2, 0.25) is 0 Å². The van der Waals surface area contributed by atoms with Crippen LogP contribution in [-0.4, -0.2) is 18.9 Å². The van der Waals surface area contributed by atoms with Crippen molar-refractivity contribution < 1.29 is 14.3 Å². The van der Waals surface area contributed by atoms with Crippen molar-refractivity contribution in [3.8, 4) is 11.5 Å². The van der Waals surface area contributed by atoms with Crippen molar-refractivity contribution in [1.29, 1.82) is 0 Å². The number of ether oxygens (including phenoxy) is 2. The molecule has 146 valence electrons. The topological polar surface area (TPSA) is 103 Å². The van der Waals surface area contributed by atoms with E-state index < -0.39 is 5.91 Å². The SMILES string of the molecule is CC.NC(=O)/C=N/N(C1=CCCc2ccc(N)cc21)c1ccc2c(c1)OCO2. The predicted octanol–water partition coefficient (Wildman–Crippen LogP) is 3.29. The first-order valence-corrected chi connectivity index (χ1v) is 9.24. The van der Waals surface area contributed by atoms with E-state index >= 15 is 0 Å². The molecule has 0 unspecified atom stereocenters. The summed E-state index contributed by atoms with van der Waals surface area (Å²) in [5.74, 6) is 0.681. The number of amides is 1. The van der Waals surface area contributed by atoms with E-state index in [0.29, 0.717) is 17.2 Å². The lowest BCUT2D eigenvalue weighted by molar-refractivity contribution is -0.111.